The maximum absolute atomic E-state index is 9.18. The first-order chi connectivity index (χ1) is 8.04. The highest BCUT2D eigenvalue weighted by Gasteiger charge is 2.31. The van der Waals surface area contributed by atoms with Gasteiger partial charge in [0.25, 0.3) is 0 Å². The van der Waals surface area contributed by atoms with Gasteiger partial charge >= 0.3 is 0 Å². The van der Waals surface area contributed by atoms with Crippen LogP contribution in [-0.2, 0) is 4.74 Å². The minimum absolute atomic E-state index is 0.0973. The lowest BCUT2D eigenvalue weighted by atomic mass is 9.99. The van der Waals surface area contributed by atoms with Crippen molar-refractivity contribution in [1.82, 2.24) is 0 Å². The number of morpholine rings is 1. The molecule has 17 heavy (non-hydrogen) atoms. The Bertz CT molecular complexity index is 462. The molecule has 4 nitrogen and oxygen atoms in total. The Hall–Kier alpha value is -1.73. The SMILES string of the molecule is CC1(C)COCCN1c1ccc(N)cc1C#N. The zero-order valence-corrected chi connectivity index (χ0v) is 10.2. The lowest BCUT2D eigenvalue weighted by Crippen LogP contribution is -2.53. The molecule has 2 rings (SSSR count). The van der Waals surface area contributed by atoms with E-state index in [4.69, 9.17) is 10.5 Å². The molecule has 0 radical (unpaired) electrons. The van der Waals surface area contributed by atoms with Crippen molar-refractivity contribution in [2.24, 2.45) is 0 Å². The number of nitrogen functional groups attached to an aromatic ring is 1. The molecule has 1 saturated heterocycles. The van der Waals surface area contributed by atoms with E-state index < -0.39 is 0 Å². The van der Waals surface area contributed by atoms with E-state index in [1.165, 1.54) is 0 Å². The second-order valence-corrected chi connectivity index (χ2v) is 4.91. The summed E-state index contributed by atoms with van der Waals surface area (Å²) in [6.45, 7) is 6.39. The van der Waals surface area contributed by atoms with Crippen LogP contribution in [0.15, 0.2) is 18.2 Å². The number of benzene rings is 1. The lowest BCUT2D eigenvalue weighted by molar-refractivity contribution is 0.0644. The molecular weight excluding hydrogens is 214 g/mol. The van der Waals surface area contributed by atoms with Gasteiger partial charge in [-0.25, -0.2) is 0 Å². The number of nitriles is 1. The highest BCUT2D eigenvalue weighted by Crippen LogP contribution is 2.30. The van der Waals surface area contributed by atoms with Gasteiger partial charge in [0.15, 0.2) is 0 Å². The number of hydrogen-bond acceptors (Lipinski definition) is 4. The predicted molar refractivity (Wildman–Crippen MR) is 67.8 cm³/mol. The molecule has 0 amide bonds. The van der Waals surface area contributed by atoms with E-state index in [0.29, 0.717) is 24.5 Å². The summed E-state index contributed by atoms with van der Waals surface area (Å²) in [4.78, 5) is 2.22. The Morgan fingerprint density at radius 3 is 2.88 bits per heavy atom. The maximum atomic E-state index is 9.18. The van der Waals surface area contributed by atoms with Crippen LogP contribution in [0.2, 0.25) is 0 Å². The van der Waals surface area contributed by atoms with Crippen molar-refractivity contribution in [2.45, 2.75) is 19.4 Å². The van der Waals surface area contributed by atoms with Crippen molar-refractivity contribution in [3.8, 4) is 6.07 Å². The molecule has 0 aromatic heterocycles. The van der Waals surface area contributed by atoms with Crippen molar-refractivity contribution in [2.75, 3.05) is 30.4 Å². The third-order valence-corrected chi connectivity index (χ3v) is 3.08. The van der Waals surface area contributed by atoms with E-state index >= 15 is 0 Å². The van der Waals surface area contributed by atoms with Gasteiger partial charge < -0.3 is 15.4 Å². The summed E-state index contributed by atoms with van der Waals surface area (Å²) in [7, 11) is 0. The number of nitrogens with two attached hydrogens (primary N) is 1. The molecule has 0 spiro atoms. The van der Waals surface area contributed by atoms with Crippen LogP contribution in [0.1, 0.15) is 19.4 Å². The Kier molecular flexibility index (Phi) is 2.95. The van der Waals surface area contributed by atoms with Crippen LogP contribution in [0.25, 0.3) is 0 Å². The molecule has 1 aliphatic heterocycles. The lowest BCUT2D eigenvalue weighted by Gasteiger charge is -2.44. The van der Waals surface area contributed by atoms with Crippen LogP contribution in [-0.4, -0.2) is 25.3 Å². The van der Waals surface area contributed by atoms with Gasteiger partial charge in [-0.3, -0.25) is 0 Å². The zero-order chi connectivity index (χ0) is 12.5. The Labute approximate surface area is 102 Å². The maximum Gasteiger partial charge on any atom is 0.101 e. The highest BCUT2D eigenvalue weighted by molar-refractivity contribution is 5.65. The molecule has 1 heterocycles. The number of nitrogens with zero attached hydrogens (tertiary/aromatic N) is 2. The van der Waals surface area contributed by atoms with E-state index in [9.17, 15) is 5.26 Å². The van der Waals surface area contributed by atoms with Crippen molar-refractivity contribution in [1.29, 1.82) is 5.26 Å². The molecule has 4 heteroatoms. The first-order valence-corrected chi connectivity index (χ1v) is 5.69. The van der Waals surface area contributed by atoms with E-state index in [-0.39, 0.29) is 5.54 Å². The average molecular weight is 231 g/mol. The first-order valence-electron chi connectivity index (χ1n) is 5.69. The molecule has 1 aromatic carbocycles. The van der Waals surface area contributed by atoms with Gasteiger partial charge in [-0.15, -0.1) is 0 Å². The summed E-state index contributed by atoms with van der Waals surface area (Å²) in [5, 5.41) is 9.18. The second kappa shape index (κ2) is 4.27. The van der Waals surface area contributed by atoms with Crippen LogP contribution in [0.3, 0.4) is 0 Å². The van der Waals surface area contributed by atoms with Crippen molar-refractivity contribution < 1.29 is 4.74 Å². The van der Waals surface area contributed by atoms with Crippen molar-refractivity contribution in [3.05, 3.63) is 23.8 Å². The summed E-state index contributed by atoms with van der Waals surface area (Å²) in [6, 6.07) is 7.68. The fourth-order valence-electron chi connectivity index (χ4n) is 2.18. The quantitative estimate of drug-likeness (QED) is 0.748. The van der Waals surface area contributed by atoms with Gasteiger partial charge in [-0.2, -0.15) is 5.26 Å². The fourth-order valence-corrected chi connectivity index (χ4v) is 2.18. The summed E-state index contributed by atoms with van der Waals surface area (Å²) >= 11 is 0. The number of ether oxygens (including phenoxy) is 1. The molecule has 0 aliphatic carbocycles. The minimum Gasteiger partial charge on any atom is -0.399 e. The molecular formula is C13H17N3O. The minimum atomic E-state index is -0.0973. The third kappa shape index (κ3) is 2.20. The van der Waals surface area contributed by atoms with Crippen LogP contribution >= 0.6 is 0 Å². The molecule has 0 bridgehead atoms. The fraction of sp³-hybridized carbons (Fsp3) is 0.462. The van der Waals surface area contributed by atoms with Crippen molar-refractivity contribution >= 4 is 11.4 Å². The van der Waals surface area contributed by atoms with Gasteiger partial charge in [0.05, 0.1) is 30.0 Å². The topological polar surface area (TPSA) is 62.3 Å². The Balaban J connectivity index is 2.42. The molecule has 2 N–H and O–H groups in total. The van der Waals surface area contributed by atoms with Gasteiger partial charge in [0.1, 0.15) is 6.07 Å². The summed E-state index contributed by atoms with van der Waals surface area (Å²) in [5.41, 5.74) is 7.80. The smallest absolute Gasteiger partial charge is 0.101 e. The van der Waals surface area contributed by atoms with Crippen LogP contribution < -0.4 is 10.6 Å². The Morgan fingerprint density at radius 1 is 1.47 bits per heavy atom. The number of rotatable bonds is 1. The normalized spacial score (nSPS) is 18.8. The van der Waals surface area contributed by atoms with Gasteiger partial charge in [0.2, 0.25) is 0 Å². The standard InChI is InChI=1S/C13H17N3O/c1-13(2)9-17-6-5-16(13)12-4-3-11(15)7-10(12)8-14/h3-4,7H,5-6,9,15H2,1-2H3. The molecule has 1 aliphatic rings. The largest absolute Gasteiger partial charge is 0.399 e. The third-order valence-electron chi connectivity index (χ3n) is 3.08. The Morgan fingerprint density at radius 2 is 2.24 bits per heavy atom. The number of anilines is 2. The van der Waals surface area contributed by atoms with E-state index in [2.05, 4.69) is 24.8 Å². The second-order valence-electron chi connectivity index (χ2n) is 4.91. The van der Waals surface area contributed by atoms with Crippen LogP contribution in [0, 0.1) is 11.3 Å². The number of hydrogen-bond donors (Lipinski definition) is 1. The van der Waals surface area contributed by atoms with Crippen molar-refractivity contribution in [3.63, 3.8) is 0 Å². The van der Waals surface area contributed by atoms with Gasteiger partial charge in [-0.05, 0) is 32.0 Å². The predicted octanol–water partition coefficient (Wildman–Crippen LogP) is 1.76. The monoisotopic (exact) mass is 231 g/mol. The summed E-state index contributed by atoms with van der Waals surface area (Å²) in [5.74, 6) is 0. The van der Waals surface area contributed by atoms with Gasteiger partial charge in [-0.1, -0.05) is 0 Å². The van der Waals surface area contributed by atoms with E-state index in [1.807, 2.05) is 12.1 Å². The van der Waals surface area contributed by atoms with E-state index in [1.54, 1.807) is 6.07 Å². The molecule has 1 fully saturated rings. The molecule has 0 saturated carbocycles. The summed E-state index contributed by atoms with van der Waals surface area (Å²) < 4.78 is 5.48. The zero-order valence-electron chi connectivity index (χ0n) is 10.2. The van der Waals surface area contributed by atoms with Crippen LogP contribution in [0.4, 0.5) is 11.4 Å². The highest BCUT2D eigenvalue weighted by atomic mass is 16.5. The molecule has 90 valence electrons. The van der Waals surface area contributed by atoms with Crippen LogP contribution in [0.5, 0.6) is 0 Å². The first kappa shape index (κ1) is 11.7. The molecule has 0 unspecified atom stereocenters. The summed E-state index contributed by atoms with van der Waals surface area (Å²) in [6.07, 6.45) is 0. The molecule has 0 atom stereocenters. The van der Waals surface area contributed by atoms with E-state index in [0.717, 1.165) is 12.2 Å². The average Bonchev–Trinajstić information content (AvgIpc) is 2.29. The molecule has 1 aromatic rings. The van der Waals surface area contributed by atoms with Gasteiger partial charge in [0, 0.05) is 12.2 Å².